The van der Waals surface area contributed by atoms with Gasteiger partial charge in [0.15, 0.2) is 0 Å². The molecule has 3 aliphatic carbocycles. The SMILES string of the molecule is CC(C)(NC(=O)C1CC[C@H]2[C@@H]3CCc4cc(C(=O)O)ccc4[C@H]3CC[C@]12C)c1ccccc1. The van der Waals surface area contributed by atoms with Crippen LogP contribution in [0.1, 0.15) is 85.8 Å². The number of hydrogen-bond acceptors (Lipinski definition) is 2. The van der Waals surface area contributed by atoms with Crippen LogP contribution < -0.4 is 5.32 Å². The molecule has 5 rings (SSSR count). The van der Waals surface area contributed by atoms with Crippen LogP contribution in [0.5, 0.6) is 0 Å². The molecule has 0 bridgehead atoms. The van der Waals surface area contributed by atoms with Crippen molar-refractivity contribution in [3.8, 4) is 0 Å². The number of rotatable bonds is 4. The van der Waals surface area contributed by atoms with Gasteiger partial charge in [0.2, 0.25) is 5.91 Å². The zero-order valence-corrected chi connectivity index (χ0v) is 19.9. The van der Waals surface area contributed by atoms with E-state index in [1.54, 1.807) is 6.07 Å². The summed E-state index contributed by atoms with van der Waals surface area (Å²) in [4.78, 5) is 25.0. The van der Waals surface area contributed by atoms with Crippen molar-refractivity contribution in [3.63, 3.8) is 0 Å². The second kappa shape index (κ2) is 8.00. The van der Waals surface area contributed by atoms with E-state index in [-0.39, 0.29) is 17.2 Å². The third-order valence-corrected chi connectivity index (χ3v) is 9.22. The molecule has 2 aromatic rings. The molecule has 4 nitrogen and oxygen atoms in total. The molecule has 0 aromatic heterocycles. The highest BCUT2D eigenvalue weighted by Crippen LogP contribution is 2.63. The quantitative estimate of drug-likeness (QED) is 0.615. The normalized spacial score (nSPS) is 30.6. The van der Waals surface area contributed by atoms with E-state index < -0.39 is 11.5 Å². The standard InChI is InChI=1S/C29H35NO3/c1-28(2,20-7-5-4-6-8-20)30-26(31)25-14-13-24-23-12-9-18-17-19(27(32)33)10-11-21(18)22(23)15-16-29(24,25)3/h4-8,10-11,17,22-25H,9,12-16H2,1-3H3,(H,30,31)(H,32,33)/t22-,23-,24+,25?,29+/m1/s1. The molecule has 0 spiro atoms. The number of carbonyl (C=O) groups is 2. The largest absolute Gasteiger partial charge is 0.478 e. The first-order valence-electron chi connectivity index (χ1n) is 12.4. The molecule has 2 fully saturated rings. The lowest BCUT2D eigenvalue weighted by Gasteiger charge is -2.51. The van der Waals surface area contributed by atoms with Crippen LogP contribution in [0.25, 0.3) is 0 Å². The van der Waals surface area contributed by atoms with Gasteiger partial charge >= 0.3 is 5.97 Å². The predicted octanol–water partition coefficient (Wildman–Crippen LogP) is 5.91. The predicted molar refractivity (Wildman–Crippen MR) is 129 cm³/mol. The number of carboxylic acid groups (broad SMARTS) is 1. The Labute approximate surface area is 196 Å². The average Bonchev–Trinajstić information content (AvgIpc) is 3.16. The average molecular weight is 446 g/mol. The minimum Gasteiger partial charge on any atom is -0.478 e. The lowest BCUT2D eigenvalue weighted by Crippen LogP contribution is -2.50. The molecule has 1 amide bonds. The number of carbonyl (C=O) groups excluding carboxylic acids is 1. The molecule has 3 aliphatic rings. The van der Waals surface area contributed by atoms with E-state index in [2.05, 4.69) is 44.3 Å². The van der Waals surface area contributed by atoms with Gasteiger partial charge in [0.1, 0.15) is 0 Å². The van der Waals surface area contributed by atoms with Gasteiger partial charge in [0.05, 0.1) is 11.1 Å². The van der Waals surface area contributed by atoms with Gasteiger partial charge in [-0.05, 0) is 104 Å². The van der Waals surface area contributed by atoms with Crippen LogP contribution in [-0.4, -0.2) is 17.0 Å². The van der Waals surface area contributed by atoms with Crippen molar-refractivity contribution in [1.29, 1.82) is 0 Å². The molecule has 4 heteroatoms. The summed E-state index contributed by atoms with van der Waals surface area (Å²) in [7, 11) is 0. The van der Waals surface area contributed by atoms with Crippen LogP contribution in [0.4, 0.5) is 0 Å². The van der Waals surface area contributed by atoms with Crippen LogP contribution in [0.3, 0.4) is 0 Å². The Balaban J connectivity index is 1.35. The number of nitrogens with one attached hydrogen (secondary N) is 1. The third-order valence-electron chi connectivity index (χ3n) is 9.22. The summed E-state index contributed by atoms with van der Waals surface area (Å²) < 4.78 is 0. The van der Waals surface area contributed by atoms with E-state index in [1.807, 2.05) is 24.3 Å². The van der Waals surface area contributed by atoms with Gasteiger partial charge in [-0.15, -0.1) is 0 Å². The summed E-state index contributed by atoms with van der Waals surface area (Å²) in [6.07, 6.45) is 6.27. The van der Waals surface area contributed by atoms with Crippen LogP contribution in [-0.2, 0) is 16.8 Å². The van der Waals surface area contributed by atoms with E-state index in [0.717, 1.165) is 44.1 Å². The summed E-state index contributed by atoms with van der Waals surface area (Å²) in [6.45, 7) is 6.55. The summed E-state index contributed by atoms with van der Waals surface area (Å²) in [5, 5.41) is 12.8. The van der Waals surface area contributed by atoms with Crippen LogP contribution >= 0.6 is 0 Å². The Bertz CT molecular complexity index is 1080. The molecule has 5 atom stereocenters. The molecule has 0 aliphatic heterocycles. The molecule has 33 heavy (non-hydrogen) atoms. The van der Waals surface area contributed by atoms with Gasteiger partial charge in [-0.3, -0.25) is 4.79 Å². The summed E-state index contributed by atoms with van der Waals surface area (Å²) in [6, 6.07) is 16.0. The van der Waals surface area contributed by atoms with Gasteiger partial charge in [-0.1, -0.05) is 43.3 Å². The topological polar surface area (TPSA) is 66.4 Å². The molecule has 174 valence electrons. The lowest BCUT2D eigenvalue weighted by atomic mass is 9.54. The fourth-order valence-corrected chi connectivity index (χ4v) is 7.47. The van der Waals surface area contributed by atoms with Gasteiger partial charge in [0, 0.05) is 5.92 Å². The van der Waals surface area contributed by atoms with Crippen molar-refractivity contribution in [2.45, 2.75) is 70.8 Å². The highest BCUT2D eigenvalue weighted by molar-refractivity contribution is 5.88. The zero-order chi connectivity index (χ0) is 23.4. The number of amides is 1. The molecule has 0 saturated heterocycles. The van der Waals surface area contributed by atoms with Crippen molar-refractivity contribution in [2.75, 3.05) is 0 Å². The van der Waals surface area contributed by atoms with Crippen molar-refractivity contribution in [3.05, 3.63) is 70.8 Å². The van der Waals surface area contributed by atoms with Crippen molar-refractivity contribution in [1.82, 2.24) is 5.32 Å². The molecule has 0 radical (unpaired) electrons. The monoisotopic (exact) mass is 445 g/mol. The molecule has 2 saturated carbocycles. The highest BCUT2D eigenvalue weighted by Gasteiger charge is 2.56. The molecular weight excluding hydrogens is 410 g/mol. The Kier molecular flexibility index (Phi) is 5.38. The zero-order valence-electron chi connectivity index (χ0n) is 19.9. The van der Waals surface area contributed by atoms with E-state index in [0.29, 0.717) is 23.3 Å². The summed E-state index contributed by atoms with van der Waals surface area (Å²) >= 11 is 0. The molecule has 2 N–H and O–H groups in total. The van der Waals surface area contributed by atoms with Gasteiger partial charge in [0.25, 0.3) is 0 Å². The number of hydrogen-bond donors (Lipinski definition) is 2. The first-order chi connectivity index (χ1) is 15.7. The summed E-state index contributed by atoms with van der Waals surface area (Å²) in [5.74, 6) is 1.05. The minimum atomic E-state index is -0.848. The Hall–Kier alpha value is -2.62. The van der Waals surface area contributed by atoms with Gasteiger partial charge < -0.3 is 10.4 Å². The Morgan fingerprint density at radius 2 is 1.79 bits per heavy atom. The maximum Gasteiger partial charge on any atom is 0.335 e. The number of aryl methyl sites for hydroxylation is 1. The Morgan fingerprint density at radius 1 is 1.03 bits per heavy atom. The van der Waals surface area contributed by atoms with E-state index in [9.17, 15) is 14.7 Å². The van der Waals surface area contributed by atoms with Crippen molar-refractivity contribution >= 4 is 11.9 Å². The van der Waals surface area contributed by atoms with Crippen LogP contribution in [0, 0.1) is 23.2 Å². The summed E-state index contributed by atoms with van der Waals surface area (Å²) in [5.41, 5.74) is 3.75. The van der Waals surface area contributed by atoms with Crippen LogP contribution in [0.15, 0.2) is 48.5 Å². The first-order valence-corrected chi connectivity index (χ1v) is 12.4. The number of carboxylic acids is 1. The first kappa shape index (κ1) is 22.2. The number of benzene rings is 2. The van der Waals surface area contributed by atoms with E-state index in [1.165, 1.54) is 11.1 Å². The Morgan fingerprint density at radius 3 is 2.52 bits per heavy atom. The second-order valence-corrected chi connectivity index (χ2v) is 11.3. The van der Waals surface area contributed by atoms with Crippen LogP contribution in [0.2, 0.25) is 0 Å². The maximum atomic E-state index is 13.6. The third kappa shape index (κ3) is 3.68. The van der Waals surface area contributed by atoms with E-state index >= 15 is 0 Å². The maximum absolute atomic E-state index is 13.6. The smallest absolute Gasteiger partial charge is 0.335 e. The molecular formula is C29H35NO3. The fraction of sp³-hybridized carbons (Fsp3) is 0.517. The number of aromatic carboxylic acids is 1. The minimum absolute atomic E-state index is 0.0382. The van der Waals surface area contributed by atoms with Gasteiger partial charge in [-0.2, -0.15) is 0 Å². The molecule has 2 aromatic carbocycles. The lowest BCUT2D eigenvalue weighted by molar-refractivity contribution is -0.132. The van der Waals surface area contributed by atoms with Gasteiger partial charge in [-0.25, -0.2) is 4.79 Å². The fourth-order valence-electron chi connectivity index (χ4n) is 7.47. The van der Waals surface area contributed by atoms with Crippen molar-refractivity contribution in [2.24, 2.45) is 23.2 Å². The highest BCUT2D eigenvalue weighted by atomic mass is 16.4. The molecule has 1 unspecified atom stereocenters. The van der Waals surface area contributed by atoms with Crippen molar-refractivity contribution < 1.29 is 14.7 Å². The van der Waals surface area contributed by atoms with E-state index in [4.69, 9.17) is 0 Å². The number of fused-ring (bicyclic) bond motifs is 5. The molecule has 0 heterocycles. The second-order valence-electron chi connectivity index (χ2n) is 11.3.